The average Bonchev–Trinajstić information content (AvgIpc) is 3.09. The number of nitrogens with two attached hydrogens (primary N) is 1. The molecule has 17 heteroatoms. The van der Waals surface area contributed by atoms with E-state index in [2.05, 4.69) is 14.0 Å². The van der Waals surface area contributed by atoms with Crippen molar-refractivity contribution >= 4 is 13.6 Å². The van der Waals surface area contributed by atoms with Crippen molar-refractivity contribution in [3.8, 4) is 0 Å². The smallest absolute Gasteiger partial charge is 1.00 e. The van der Waals surface area contributed by atoms with E-state index >= 15 is 0 Å². The van der Waals surface area contributed by atoms with Gasteiger partial charge in [-0.2, -0.15) is 4.98 Å². The fourth-order valence-electron chi connectivity index (χ4n) is 3.07. The van der Waals surface area contributed by atoms with Gasteiger partial charge in [-0.15, -0.1) is 0 Å². The van der Waals surface area contributed by atoms with E-state index in [9.17, 15) is 34.7 Å². The summed E-state index contributed by atoms with van der Waals surface area (Å²) in [6.45, 7) is -1.47. The molecule has 8 N–H and O–H groups in total. The van der Waals surface area contributed by atoms with Crippen LogP contribution in [0.1, 0.15) is 14.1 Å². The Balaban J connectivity index is 0.00000256. The predicted molar refractivity (Wildman–Crippen MR) is 94.3 cm³/mol. The van der Waals surface area contributed by atoms with Crippen LogP contribution >= 0.6 is 7.82 Å². The number of nitrogens with zero attached hydrogens (tertiary/aromatic N) is 2. The maximum atomic E-state index is 12.1. The second kappa shape index (κ2) is 10.2. The van der Waals surface area contributed by atoms with Crippen LogP contribution in [0, 0.1) is 0 Å². The number of phosphoric acid groups is 1. The summed E-state index contributed by atoms with van der Waals surface area (Å²) in [5, 5.41) is 48.9. The van der Waals surface area contributed by atoms with Gasteiger partial charge in [-0.1, -0.05) is 0 Å². The van der Waals surface area contributed by atoms with Gasteiger partial charge in [0.2, 0.25) is 0 Å². The van der Waals surface area contributed by atoms with Gasteiger partial charge in [-0.25, -0.2) is 13.9 Å². The minimum absolute atomic E-state index is 0. The SMILES string of the molecule is Nc1ccn([C@@H]2O[C@H](COP(=O)(O)O[C@]3(O)C[C@H](O)[C@@H](CO)O3)[C@@H](O)[C@H]2O)c(=O)n1.[H-].[Na+]. The average molecular weight is 479 g/mol. The first-order valence-electron chi connectivity index (χ1n) is 8.68. The van der Waals surface area contributed by atoms with Gasteiger partial charge in [0, 0.05) is 6.20 Å². The molecule has 2 saturated heterocycles. The Hall–Kier alpha value is -0.490. The van der Waals surface area contributed by atoms with Crippen molar-refractivity contribution < 1.29 is 84.5 Å². The van der Waals surface area contributed by atoms with Gasteiger partial charge in [0.25, 0.3) is 5.97 Å². The quantitative estimate of drug-likeness (QED) is 0.109. The summed E-state index contributed by atoms with van der Waals surface area (Å²) in [6, 6.07) is 1.26. The number of hydrogen-bond donors (Lipinski definition) is 7. The van der Waals surface area contributed by atoms with E-state index in [-0.39, 0.29) is 36.8 Å². The molecule has 0 bridgehead atoms. The number of phosphoric ester groups is 1. The summed E-state index contributed by atoms with van der Waals surface area (Å²) < 4.78 is 32.3. The molecule has 2 fully saturated rings. The van der Waals surface area contributed by atoms with E-state index in [1.165, 1.54) is 12.3 Å². The topological polar surface area (TPSA) is 236 Å². The fourth-order valence-corrected chi connectivity index (χ4v) is 3.93. The van der Waals surface area contributed by atoms with Gasteiger partial charge in [-0.05, 0) is 6.07 Å². The minimum atomic E-state index is -5.02. The van der Waals surface area contributed by atoms with Crippen molar-refractivity contribution in [3.05, 3.63) is 22.7 Å². The number of rotatable bonds is 7. The Morgan fingerprint density at radius 1 is 1.35 bits per heavy atom. The number of anilines is 1. The standard InChI is InChI=1S/C14H22N3O12P.Na.H/c15-9-1-2-17(13(22)16-9)12-11(21)10(20)8(27-12)5-26-30(24,25)29-14(23)3-6(19)7(4-18)28-14;;/h1-2,6-8,10-12,18-21,23H,3-5H2,(H,24,25)(H2,15,16,22);;/q;+1;-1/t6-,7+,8+,10+,11+,12+,14-;;/m0../s1. The van der Waals surface area contributed by atoms with Crippen molar-refractivity contribution in [1.29, 1.82) is 0 Å². The normalized spacial score (nSPS) is 37.4. The molecular weight excluding hydrogens is 456 g/mol. The summed E-state index contributed by atoms with van der Waals surface area (Å²) in [6.07, 6.45) is -8.02. The molecule has 0 spiro atoms. The third kappa shape index (κ3) is 6.10. The zero-order valence-corrected chi connectivity index (χ0v) is 19.2. The number of hydrogen-bond acceptors (Lipinski definition) is 13. The van der Waals surface area contributed by atoms with Gasteiger partial charge in [0.05, 0.1) is 25.7 Å². The molecule has 1 aromatic rings. The molecule has 2 aliphatic rings. The summed E-state index contributed by atoms with van der Waals surface area (Å²) >= 11 is 0. The Labute approximate surface area is 198 Å². The Morgan fingerprint density at radius 3 is 2.61 bits per heavy atom. The maximum Gasteiger partial charge on any atom is 1.00 e. The number of ether oxygens (including phenoxy) is 2. The second-order valence-electron chi connectivity index (χ2n) is 6.77. The molecule has 0 saturated carbocycles. The largest absolute Gasteiger partial charge is 1.00 e. The number of aromatic nitrogens is 2. The van der Waals surface area contributed by atoms with Crippen molar-refractivity contribution in [2.75, 3.05) is 18.9 Å². The molecule has 0 aliphatic carbocycles. The van der Waals surface area contributed by atoms with Crippen LogP contribution in [0.5, 0.6) is 0 Å². The molecule has 1 aromatic heterocycles. The molecule has 0 amide bonds. The van der Waals surface area contributed by atoms with E-state index in [0.717, 1.165) is 4.57 Å². The van der Waals surface area contributed by atoms with Crippen LogP contribution in [0.2, 0.25) is 0 Å². The van der Waals surface area contributed by atoms with Crippen LogP contribution in [0.15, 0.2) is 17.1 Å². The van der Waals surface area contributed by atoms with E-state index in [4.69, 9.17) is 20.3 Å². The Bertz CT molecular complexity index is 882. The number of aliphatic hydroxyl groups is 5. The Morgan fingerprint density at radius 2 is 2.03 bits per heavy atom. The zero-order chi connectivity index (χ0) is 22.3. The molecule has 3 rings (SSSR count). The molecular formula is C14H23N3NaO12P. The van der Waals surface area contributed by atoms with Crippen LogP contribution in [-0.4, -0.2) is 89.7 Å². The molecule has 2 aliphatic heterocycles. The van der Waals surface area contributed by atoms with E-state index in [0.29, 0.717) is 0 Å². The monoisotopic (exact) mass is 479 g/mol. The molecule has 31 heavy (non-hydrogen) atoms. The Kier molecular flexibility index (Phi) is 8.80. The van der Waals surface area contributed by atoms with Gasteiger partial charge in [-0.3, -0.25) is 9.09 Å². The van der Waals surface area contributed by atoms with Crippen LogP contribution in [0.25, 0.3) is 0 Å². The summed E-state index contributed by atoms with van der Waals surface area (Å²) in [5.74, 6) is -2.76. The van der Waals surface area contributed by atoms with Crippen LogP contribution in [0.3, 0.4) is 0 Å². The molecule has 3 heterocycles. The summed E-state index contributed by atoms with van der Waals surface area (Å²) in [7, 11) is -5.02. The van der Waals surface area contributed by atoms with Crippen LogP contribution < -0.4 is 41.0 Å². The third-order valence-corrected chi connectivity index (χ3v) is 5.53. The van der Waals surface area contributed by atoms with Crippen LogP contribution in [-0.2, 0) is 23.1 Å². The second-order valence-corrected chi connectivity index (χ2v) is 8.15. The number of nitrogen functional groups attached to an aromatic ring is 1. The van der Waals surface area contributed by atoms with Crippen molar-refractivity contribution in [3.63, 3.8) is 0 Å². The number of aliphatic hydroxyl groups excluding tert-OH is 4. The van der Waals surface area contributed by atoms with Gasteiger partial charge >= 0.3 is 43.1 Å². The predicted octanol–water partition coefficient (Wildman–Crippen LogP) is -6.52. The fraction of sp³-hybridized carbons (Fsp3) is 0.714. The first-order chi connectivity index (χ1) is 13.9. The third-order valence-electron chi connectivity index (χ3n) is 4.53. The van der Waals surface area contributed by atoms with E-state index < -0.39 is 75.9 Å². The van der Waals surface area contributed by atoms with Gasteiger partial charge in [0.15, 0.2) is 6.23 Å². The minimum Gasteiger partial charge on any atom is -1.00 e. The summed E-state index contributed by atoms with van der Waals surface area (Å²) in [5.41, 5.74) is 4.53. The van der Waals surface area contributed by atoms with E-state index in [1.54, 1.807) is 0 Å². The molecule has 172 valence electrons. The molecule has 0 aromatic carbocycles. The van der Waals surface area contributed by atoms with E-state index in [1.807, 2.05) is 0 Å². The first kappa shape index (κ1) is 26.8. The molecule has 15 nitrogen and oxygen atoms in total. The first-order valence-corrected chi connectivity index (χ1v) is 10.2. The van der Waals surface area contributed by atoms with Crippen molar-refractivity contribution in [2.24, 2.45) is 0 Å². The molecule has 8 atom stereocenters. The molecule has 1 unspecified atom stereocenters. The van der Waals surface area contributed by atoms with Crippen molar-refractivity contribution in [1.82, 2.24) is 9.55 Å². The molecule has 0 radical (unpaired) electrons. The summed E-state index contributed by atoms with van der Waals surface area (Å²) in [4.78, 5) is 25.2. The zero-order valence-electron chi connectivity index (χ0n) is 17.3. The van der Waals surface area contributed by atoms with Crippen molar-refractivity contribution in [2.45, 2.75) is 49.1 Å². The van der Waals surface area contributed by atoms with Crippen LogP contribution in [0.4, 0.5) is 5.82 Å². The van der Waals surface area contributed by atoms with Gasteiger partial charge in [0.1, 0.15) is 30.2 Å². The van der Waals surface area contributed by atoms with Gasteiger partial charge < -0.3 is 47.1 Å². The maximum absolute atomic E-state index is 12.1.